The summed E-state index contributed by atoms with van der Waals surface area (Å²) in [6.07, 6.45) is 0. The molecule has 118 valence electrons. The molecule has 1 aromatic carbocycles. The van der Waals surface area contributed by atoms with Crippen LogP contribution in [0.5, 0.6) is 5.75 Å². The van der Waals surface area contributed by atoms with Crippen LogP contribution in [0.25, 0.3) is 0 Å². The van der Waals surface area contributed by atoms with Gasteiger partial charge < -0.3 is 10.1 Å². The summed E-state index contributed by atoms with van der Waals surface area (Å²) < 4.78 is 18.8. The number of benzene rings is 1. The normalized spacial score (nSPS) is 11.5. The summed E-state index contributed by atoms with van der Waals surface area (Å²) >= 11 is 0. The quantitative estimate of drug-likeness (QED) is 0.840. The van der Waals surface area contributed by atoms with E-state index < -0.39 is 0 Å². The first-order valence-corrected chi connectivity index (χ1v) is 7.22. The first-order chi connectivity index (χ1) is 9.81. The smallest absolute Gasteiger partial charge is 0.234 e. The summed E-state index contributed by atoms with van der Waals surface area (Å²) in [7, 11) is 0. The van der Waals surface area contributed by atoms with Crippen molar-refractivity contribution >= 4 is 5.91 Å². The van der Waals surface area contributed by atoms with E-state index in [-0.39, 0.29) is 23.0 Å². The van der Waals surface area contributed by atoms with Crippen molar-refractivity contribution < 1.29 is 13.9 Å². The summed E-state index contributed by atoms with van der Waals surface area (Å²) in [5.74, 6) is -0.144. The molecule has 1 amide bonds. The first kappa shape index (κ1) is 17.4. The van der Waals surface area contributed by atoms with Crippen LogP contribution in [0.2, 0.25) is 0 Å². The van der Waals surface area contributed by atoms with Crippen LogP contribution in [-0.2, 0) is 4.79 Å². The standard InChI is InChI=1S/C16H25FN2O2/c1-5-19(12-15(20)18-16(2,3)4)10-11-21-14-9-7-6-8-13(14)17/h6-9H,5,10-12H2,1-4H3,(H,18,20). The number of halogens is 1. The minimum atomic E-state index is -0.369. The Labute approximate surface area is 126 Å². The van der Waals surface area contributed by atoms with Crippen LogP contribution in [0.15, 0.2) is 24.3 Å². The molecule has 1 N–H and O–H groups in total. The molecular formula is C16H25FN2O2. The van der Waals surface area contributed by atoms with Crippen molar-refractivity contribution in [1.82, 2.24) is 10.2 Å². The van der Waals surface area contributed by atoms with Gasteiger partial charge in [0, 0.05) is 12.1 Å². The van der Waals surface area contributed by atoms with Crippen molar-refractivity contribution in [2.45, 2.75) is 33.2 Å². The second kappa shape index (κ2) is 7.98. The van der Waals surface area contributed by atoms with E-state index in [1.54, 1.807) is 18.2 Å². The van der Waals surface area contributed by atoms with Crippen LogP contribution in [-0.4, -0.2) is 42.6 Å². The van der Waals surface area contributed by atoms with Gasteiger partial charge in [-0.2, -0.15) is 0 Å². The van der Waals surface area contributed by atoms with Crippen molar-refractivity contribution in [3.05, 3.63) is 30.1 Å². The maximum atomic E-state index is 13.4. The van der Waals surface area contributed by atoms with Gasteiger partial charge in [-0.15, -0.1) is 0 Å². The molecule has 0 spiro atoms. The number of likely N-dealkylation sites (N-methyl/N-ethyl adjacent to an activating group) is 1. The lowest BCUT2D eigenvalue weighted by Gasteiger charge is -2.24. The summed E-state index contributed by atoms with van der Waals surface area (Å²) in [5, 5.41) is 2.92. The summed E-state index contributed by atoms with van der Waals surface area (Å²) in [4.78, 5) is 13.8. The van der Waals surface area contributed by atoms with Gasteiger partial charge in [0.25, 0.3) is 0 Å². The van der Waals surface area contributed by atoms with Gasteiger partial charge in [0.05, 0.1) is 6.54 Å². The molecular weight excluding hydrogens is 271 g/mol. The van der Waals surface area contributed by atoms with Gasteiger partial charge in [0.1, 0.15) is 6.61 Å². The summed E-state index contributed by atoms with van der Waals surface area (Å²) in [6, 6.07) is 6.31. The molecule has 0 atom stereocenters. The molecule has 0 unspecified atom stereocenters. The van der Waals surface area contributed by atoms with E-state index in [0.29, 0.717) is 19.7 Å². The van der Waals surface area contributed by atoms with E-state index in [2.05, 4.69) is 5.32 Å². The molecule has 0 fully saturated rings. The molecule has 0 bridgehead atoms. The molecule has 0 saturated carbocycles. The molecule has 0 aliphatic heterocycles. The van der Waals surface area contributed by atoms with E-state index in [4.69, 9.17) is 4.74 Å². The number of hydrogen-bond acceptors (Lipinski definition) is 3. The van der Waals surface area contributed by atoms with Gasteiger partial charge in [0.2, 0.25) is 5.91 Å². The lowest BCUT2D eigenvalue weighted by molar-refractivity contribution is -0.123. The zero-order valence-corrected chi connectivity index (χ0v) is 13.3. The fraction of sp³-hybridized carbons (Fsp3) is 0.562. The van der Waals surface area contributed by atoms with Gasteiger partial charge >= 0.3 is 0 Å². The Balaban J connectivity index is 2.38. The minimum absolute atomic E-state index is 0.0183. The lowest BCUT2D eigenvalue weighted by Crippen LogP contribution is -2.46. The zero-order valence-electron chi connectivity index (χ0n) is 13.3. The Kier molecular flexibility index (Phi) is 6.62. The van der Waals surface area contributed by atoms with Crippen LogP contribution < -0.4 is 10.1 Å². The minimum Gasteiger partial charge on any atom is -0.489 e. The molecule has 1 rings (SSSR count). The third-order valence-electron chi connectivity index (χ3n) is 2.83. The Morgan fingerprint density at radius 3 is 2.57 bits per heavy atom. The van der Waals surface area contributed by atoms with E-state index in [1.807, 2.05) is 32.6 Å². The Hall–Kier alpha value is -1.62. The highest BCUT2D eigenvalue weighted by atomic mass is 19.1. The molecule has 1 aromatic rings. The Morgan fingerprint density at radius 2 is 2.00 bits per heavy atom. The van der Waals surface area contributed by atoms with Gasteiger partial charge in [-0.1, -0.05) is 19.1 Å². The number of rotatable bonds is 7. The van der Waals surface area contributed by atoms with Crippen molar-refractivity contribution in [1.29, 1.82) is 0 Å². The van der Waals surface area contributed by atoms with Crippen molar-refractivity contribution in [2.75, 3.05) is 26.2 Å². The predicted octanol–water partition coefficient (Wildman–Crippen LogP) is 2.44. The maximum absolute atomic E-state index is 13.4. The number of carbonyl (C=O) groups excluding carboxylic acids is 1. The number of nitrogens with zero attached hydrogens (tertiary/aromatic N) is 1. The molecule has 0 saturated heterocycles. The number of hydrogen-bond donors (Lipinski definition) is 1. The lowest BCUT2D eigenvalue weighted by atomic mass is 10.1. The summed E-state index contributed by atoms with van der Waals surface area (Å²) in [5.41, 5.74) is -0.236. The fourth-order valence-electron chi connectivity index (χ4n) is 1.86. The molecule has 0 radical (unpaired) electrons. The van der Waals surface area contributed by atoms with Crippen LogP contribution in [0.4, 0.5) is 4.39 Å². The van der Waals surface area contributed by atoms with Gasteiger partial charge in [-0.05, 0) is 39.4 Å². The molecule has 4 nitrogen and oxygen atoms in total. The van der Waals surface area contributed by atoms with E-state index in [1.165, 1.54) is 6.07 Å². The molecule has 0 aliphatic rings. The number of para-hydroxylation sites is 1. The predicted molar refractivity (Wildman–Crippen MR) is 81.9 cm³/mol. The monoisotopic (exact) mass is 296 g/mol. The maximum Gasteiger partial charge on any atom is 0.234 e. The average Bonchev–Trinajstić information content (AvgIpc) is 2.37. The molecule has 0 aliphatic carbocycles. The van der Waals surface area contributed by atoms with E-state index in [9.17, 15) is 9.18 Å². The molecule has 0 heterocycles. The van der Waals surface area contributed by atoms with Gasteiger partial charge in [-0.3, -0.25) is 9.69 Å². The SMILES string of the molecule is CCN(CCOc1ccccc1F)CC(=O)NC(C)(C)C. The highest BCUT2D eigenvalue weighted by Gasteiger charge is 2.16. The Bertz CT molecular complexity index is 458. The highest BCUT2D eigenvalue weighted by molar-refractivity contribution is 5.78. The number of ether oxygens (including phenoxy) is 1. The topological polar surface area (TPSA) is 41.6 Å². The second-order valence-corrected chi connectivity index (χ2v) is 5.95. The van der Waals surface area contributed by atoms with E-state index in [0.717, 1.165) is 6.54 Å². The molecule has 0 aromatic heterocycles. The van der Waals surface area contributed by atoms with Crippen LogP contribution in [0.3, 0.4) is 0 Å². The molecule has 21 heavy (non-hydrogen) atoms. The van der Waals surface area contributed by atoms with Gasteiger partial charge in [-0.25, -0.2) is 4.39 Å². The molecule has 5 heteroatoms. The largest absolute Gasteiger partial charge is 0.489 e. The van der Waals surface area contributed by atoms with Crippen molar-refractivity contribution in [2.24, 2.45) is 0 Å². The van der Waals surface area contributed by atoms with Crippen LogP contribution in [0, 0.1) is 5.82 Å². The third kappa shape index (κ3) is 7.09. The number of nitrogens with one attached hydrogen (secondary N) is 1. The number of amides is 1. The van der Waals surface area contributed by atoms with Crippen LogP contribution >= 0.6 is 0 Å². The van der Waals surface area contributed by atoms with Crippen LogP contribution in [0.1, 0.15) is 27.7 Å². The fourth-order valence-corrected chi connectivity index (χ4v) is 1.86. The van der Waals surface area contributed by atoms with Crippen molar-refractivity contribution in [3.63, 3.8) is 0 Å². The third-order valence-corrected chi connectivity index (χ3v) is 2.83. The van der Waals surface area contributed by atoms with Gasteiger partial charge in [0.15, 0.2) is 11.6 Å². The second-order valence-electron chi connectivity index (χ2n) is 5.95. The van der Waals surface area contributed by atoms with E-state index >= 15 is 0 Å². The first-order valence-electron chi connectivity index (χ1n) is 7.22. The number of carbonyl (C=O) groups is 1. The summed E-state index contributed by atoms with van der Waals surface area (Å²) in [6.45, 7) is 9.79. The zero-order chi connectivity index (χ0) is 15.9. The Morgan fingerprint density at radius 1 is 1.33 bits per heavy atom. The van der Waals surface area contributed by atoms with Crippen molar-refractivity contribution in [3.8, 4) is 5.75 Å². The average molecular weight is 296 g/mol. The highest BCUT2D eigenvalue weighted by Crippen LogP contribution is 2.15.